The van der Waals surface area contributed by atoms with Gasteiger partial charge in [-0.1, -0.05) is 37.6 Å². The number of hydrogen-bond acceptors (Lipinski definition) is 3. The van der Waals surface area contributed by atoms with E-state index in [1.54, 1.807) is 6.07 Å². The third kappa shape index (κ3) is 2.74. The van der Waals surface area contributed by atoms with Crippen LogP contribution < -0.4 is 5.73 Å². The largest absolute Gasteiger partial charge is 0.384 e. The van der Waals surface area contributed by atoms with Crippen LogP contribution in [0.5, 0.6) is 0 Å². The molecule has 4 heteroatoms. The van der Waals surface area contributed by atoms with E-state index in [-0.39, 0.29) is 5.92 Å². The van der Waals surface area contributed by atoms with Gasteiger partial charge >= 0.3 is 0 Å². The Hall–Kier alpha value is -1.61. The Morgan fingerprint density at radius 2 is 1.76 bits per heavy atom. The van der Waals surface area contributed by atoms with Crippen molar-refractivity contribution in [2.75, 3.05) is 5.73 Å². The van der Waals surface area contributed by atoms with Crippen LogP contribution in [-0.2, 0) is 0 Å². The maximum Gasteiger partial charge on any atom is 0.133 e. The number of nitrogens with two attached hydrogens (primary N) is 1. The molecule has 2 aromatic rings. The molecule has 0 saturated carbocycles. The molecule has 0 bridgehead atoms. The molecule has 2 rings (SSSR count). The summed E-state index contributed by atoms with van der Waals surface area (Å²) in [6.07, 6.45) is 0. The highest BCUT2D eigenvalue weighted by molar-refractivity contribution is 6.30. The van der Waals surface area contributed by atoms with Crippen LogP contribution in [0.25, 0.3) is 11.3 Å². The number of benzene rings is 1. The lowest BCUT2D eigenvalue weighted by Crippen LogP contribution is -2.02. The summed E-state index contributed by atoms with van der Waals surface area (Å²) in [5.41, 5.74) is 7.61. The Labute approximate surface area is 106 Å². The zero-order valence-electron chi connectivity index (χ0n) is 9.81. The molecule has 2 N–H and O–H groups in total. The van der Waals surface area contributed by atoms with Crippen molar-refractivity contribution in [3.8, 4) is 11.3 Å². The third-order valence-corrected chi connectivity index (χ3v) is 2.67. The summed E-state index contributed by atoms with van der Waals surface area (Å²) in [6, 6.07) is 9.30. The number of halogens is 1. The Balaban J connectivity index is 2.48. The Morgan fingerprint density at radius 1 is 1.12 bits per heavy atom. The highest BCUT2D eigenvalue weighted by atomic mass is 35.5. The summed E-state index contributed by atoms with van der Waals surface area (Å²) < 4.78 is 0. The number of aromatic nitrogens is 2. The van der Waals surface area contributed by atoms with E-state index in [9.17, 15) is 0 Å². The van der Waals surface area contributed by atoms with Crippen LogP contribution in [0, 0.1) is 0 Å². The predicted octanol–water partition coefficient (Wildman–Crippen LogP) is 3.50. The molecule has 0 radical (unpaired) electrons. The minimum Gasteiger partial charge on any atom is -0.384 e. The monoisotopic (exact) mass is 247 g/mol. The van der Waals surface area contributed by atoms with E-state index in [0.29, 0.717) is 10.8 Å². The van der Waals surface area contributed by atoms with Gasteiger partial charge in [-0.25, -0.2) is 9.97 Å². The van der Waals surface area contributed by atoms with Crippen LogP contribution in [0.2, 0.25) is 5.02 Å². The fourth-order valence-corrected chi connectivity index (χ4v) is 1.64. The van der Waals surface area contributed by atoms with E-state index in [1.807, 2.05) is 38.1 Å². The second-order valence-corrected chi connectivity index (χ2v) is 4.63. The van der Waals surface area contributed by atoms with Crippen LogP contribution in [0.1, 0.15) is 25.6 Å². The standard InChI is InChI=1S/C13H14ClN3/c1-8(2)13-16-11(7-12(15)17-13)9-3-5-10(14)6-4-9/h3-8H,1-2H3,(H2,15,16,17). The van der Waals surface area contributed by atoms with E-state index in [1.165, 1.54) is 0 Å². The van der Waals surface area contributed by atoms with Crippen molar-refractivity contribution in [2.45, 2.75) is 19.8 Å². The molecule has 0 atom stereocenters. The molecule has 1 heterocycles. The van der Waals surface area contributed by atoms with Gasteiger partial charge in [0.15, 0.2) is 0 Å². The van der Waals surface area contributed by atoms with Crippen LogP contribution in [0.4, 0.5) is 5.82 Å². The quantitative estimate of drug-likeness (QED) is 0.884. The summed E-state index contributed by atoms with van der Waals surface area (Å²) >= 11 is 5.85. The highest BCUT2D eigenvalue weighted by Crippen LogP contribution is 2.22. The predicted molar refractivity (Wildman–Crippen MR) is 71.0 cm³/mol. The zero-order valence-corrected chi connectivity index (χ0v) is 10.6. The zero-order chi connectivity index (χ0) is 12.4. The van der Waals surface area contributed by atoms with Crippen molar-refractivity contribution in [1.82, 2.24) is 9.97 Å². The molecular formula is C13H14ClN3. The van der Waals surface area contributed by atoms with E-state index in [2.05, 4.69) is 9.97 Å². The molecule has 88 valence electrons. The highest BCUT2D eigenvalue weighted by Gasteiger charge is 2.07. The number of anilines is 1. The van der Waals surface area contributed by atoms with Gasteiger partial charge in [-0.15, -0.1) is 0 Å². The fourth-order valence-electron chi connectivity index (χ4n) is 1.51. The van der Waals surface area contributed by atoms with Gasteiger partial charge in [-0.05, 0) is 12.1 Å². The number of rotatable bonds is 2. The summed E-state index contributed by atoms with van der Waals surface area (Å²) in [5, 5.41) is 0.708. The Bertz CT molecular complexity index is 521. The maximum absolute atomic E-state index is 5.85. The van der Waals surface area contributed by atoms with Crippen molar-refractivity contribution in [1.29, 1.82) is 0 Å². The van der Waals surface area contributed by atoms with Crippen molar-refractivity contribution in [2.24, 2.45) is 0 Å². The first-order valence-electron chi connectivity index (χ1n) is 5.46. The smallest absolute Gasteiger partial charge is 0.133 e. The minimum absolute atomic E-state index is 0.254. The van der Waals surface area contributed by atoms with Crippen molar-refractivity contribution in [3.63, 3.8) is 0 Å². The lowest BCUT2D eigenvalue weighted by atomic mass is 10.1. The summed E-state index contributed by atoms with van der Waals surface area (Å²) in [6.45, 7) is 4.08. The number of nitrogens with zero attached hydrogens (tertiary/aromatic N) is 2. The van der Waals surface area contributed by atoms with E-state index in [0.717, 1.165) is 17.1 Å². The molecule has 0 aliphatic carbocycles. The van der Waals surface area contributed by atoms with Crippen molar-refractivity contribution in [3.05, 3.63) is 41.2 Å². The summed E-state index contributed by atoms with van der Waals surface area (Å²) in [4.78, 5) is 8.72. The van der Waals surface area contributed by atoms with Gasteiger partial charge < -0.3 is 5.73 Å². The molecule has 3 nitrogen and oxygen atoms in total. The van der Waals surface area contributed by atoms with E-state index in [4.69, 9.17) is 17.3 Å². The first-order valence-corrected chi connectivity index (χ1v) is 5.84. The molecule has 1 aromatic heterocycles. The average molecular weight is 248 g/mol. The van der Waals surface area contributed by atoms with Crippen molar-refractivity contribution < 1.29 is 0 Å². The third-order valence-electron chi connectivity index (χ3n) is 2.42. The van der Waals surface area contributed by atoms with Crippen LogP contribution in [-0.4, -0.2) is 9.97 Å². The second kappa shape index (κ2) is 4.72. The molecule has 0 aliphatic heterocycles. The van der Waals surface area contributed by atoms with Gasteiger partial charge in [0.05, 0.1) is 5.69 Å². The van der Waals surface area contributed by atoms with E-state index >= 15 is 0 Å². The molecule has 0 amide bonds. The lowest BCUT2D eigenvalue weighted by molar-refractivity contribution is 0.779. The van der Waals surface area contributed by atoms with Gasteiger partial charge in [0.25, 0.3) is 0 Å². The van der Waals surface area contributed by atoms with Gasteiger partial charge in [0, 0.05) is 22.6 Å². The SMILES string of the molecule is CC(C)c1nc(N)cc(-c2ccc(Cl)cc2)n1. The van der Waals surface area contributed by atoms with Gasteiger partial charge in [0.2, 0.25) is 0 Å². The van der Waals surface area contributed by atoms with Gasteiger partial charge in [-0.3, -0.25) is 0 Å². The first-order chi connectivity index (χ1) is 8.06. The fraction of sp³-hybridized carbons (Fsp3) is 0.231. The molecule has 0 saturated heterocycles. The molecule has 1 aromatic carbocycles. The normalized spacial score (nSPS) is 10.8. The average Bonchev–Trinajstić information content (AvgIpc) is 2.29. The molecule has 0 unspecified atom stereocenters. The molecule has 0 aliphatic rings. The number of nitrogen functional groups attached to an aromatic ring is 1. The van der Waals surface area contributed by atoms with Gasteiger partial charge in [-0.2, -0.15) is 0 Å². The molecule has 17 heavy (non-hydrogen) atoms. The van der Waals surface area contributed by atoms with Gasteiger partial charge in [0.1, 0.15) is 11.6 Å². The van der Waals surface area contributed by atoms with Crippen LogP contribution in [0.3, 0.4) is 0 Å². The van der Waals surface area contributed by atoms with Crippen LogP contribution in [0.15, 0.2) is 30.3 Å². The lowest BCUT2D eigenvalue weighted by Gasteiger charge is -2.08. The second-order valence-electron chi connectivity index (χ2n) is 4.20. The van der Waals surface area contributed by atoms with Crippen molar-refractivity contribution >= 4 is 17.4 Å². The molecule has 0 spiro atoms. The topological polar surface area (TPSA) is 51.8 Å². The Kier molecular flexibility index (Phi) is 3.29. The van der Waals surface area contributed by atoms with E-state index < -0.39 is 0 Å². The maximum atomic E-state index is 5.85. The summed E-state index contributed by atoms with van der Waals surface area (Å²) in [7, 11) is 0. The Morgan fingerprint density at radius 3 is 2.35 bits per heavy atom. The molecule has 0 fully saturated rings. The molecular weight excluding hydrogens is 234 g/mol. The minimum atomic E-state index is 0.254. The first kappa shape index (κ1) is 11.9. The summed E-state index contributed by atoms with van der Waals surface area (Å²) in [5.74, 6) is 1.51. The number of hydrogen-bond donors (Lipinski definition) is 1. The van der Waals surface area contributed by atoms with Crippen LogP contribution >= 0.6 is 11.6 Å².